The summed E-state index contributed by atoms with van der Waals surface area (Å²) in [4.78, 5) is 11.0. The zero-order chi connectivity index (χ0) is 12.9. The number of carbonyl (C=O) groups is 1. The molecule has 0 bridgehead atoms. The summed E-state index contributed by atoms with van der Waals surface area (Å²) in [6, 6.07) is 7.76. The topological polar surface area (TPSA) is 26.3 Å². The van der Waals surface area contributed by atoms with Gasteiger partial charge in [-0.2, -0.15) is 0 Å². The number of ether oxygens (including phenoxy) is 1. The fourth-order valence-electron chi connectivity index (χ4n) is 1.48. The molecule has 0 radical (unpaired) electrons. The summed E-state index contributed by atoms with van der Waals surface area (Å²) in [6.45, 7) is 3.28. The number of terminal acetylenes is 2. The Morgan fingerprint density at radius 2 is 1.82 bits per heavy atom. The molecule has 0 saturated heterocycles. The number of hydrogen-bond donors (Lipinski definition) is 0. The predicted molar refractivity (Wildman–Crippen MR) is 67.0 cm³/mol. The van der Waals surface area contributed by atoms with E-state index >= 15 is 0 Å². The number of esters is 1. The predicted octanol–water partition coefficient (Wildman–Crippen LogP) is 2.11. The minimum atomic E-state index is -1.29. The summed E-state index contributed by atoms with van der Waals surface area (Å²) in [5, 5.41) is 0. The second-order valence-electron chi connectivity index (χ2n) is 3.87. The Bertz CT molecular complexity index is 469. The average molecular weight is 226 g/mol. The monoisotopic (exact) mass is 226 g/mol. The molecule has 0 amide bonds. The summed E-state index contributed by atoms with van der Waals surface area (Å²) in [5.74, 6) is 4.28. The minimum absolute atomic E-state index is 0.319. The highest BCUT2D eigenvalue weighted by molar-refractivity contribution is 5.68. The summed E-state index contributed by atoms with van der Waals surface area (Å²) >= 11 is 0. The molecular formula is C15H14O2. The zero-order valence-corrected chi connectivity index (χ0v) is 9.99. The van der Waals surface area contributed by atoms with Crippen molar-refractivity contribution >= 4 is 5.97 Å². The quantitative estimate of drug-likeness (QED) is 0.583. The zero-order valence-electron chi connectivity index (χ0n) is 9.99. The summed E-state index contributed by atoms with van der Waals surface area (Å²) in [5.41, 5.74) is 0.794. The van der Waals surface area contributed by atoms with Gasteiger partial charge in [0.25, 0.3) is 0 Å². The van der Waals surface area contributed by atoms with Crippen molar-refractivity contribution in [3.8, 4) is 24.7 Å². The molecule has 0 atom stereocenters. The van der Waals surface area contributed by atoms with Crippen LogP contribution in [-0.2, 0) is 16.0 Å². The molecule has 0 aliphatic rings. The van der Waals surface area contributed by atoms with Crippen molar-refractivity contribution in [2.24, 2.45) is 0 Å². The highest BCUT2D eigenvalue weighted by Crippen LogP contribution is 2.17. The van der Waals surface area contributed by atoms with E-state index in [9.17, 15) is 4.79 Å². The maximum absolute atomic E-state index is 11.0. The molecule has 0 fully saturated rings. The van der Waals surface area contributed by atoms with E-state index in [2.05, 4.69) is 11.8 Å². The molecule has 0 aliphatic heterocycles. The number of hydrogen-bond acceptors (Lipinski definition) is 2. The SMILES string of the molecule is C#CC(C#C)(Cc1ccc(C)cc1)OC(C)=O. The van der Waals surface area contributed by atoms with E-state index in [1.165, 1.54) is 6.92 Å². The van der Waals surface area contributed by atoms with Gasteiger partial charge in [0.2, 0.25) is 5.60 Å². The molecule has 17 heavy (non-hydrogen) atoms. The van der Waals surface area contributed by atoms with Crippen LogP contribution < -0.4 is 0 Å². The second-order valence-corrected chi connectivity index (χ2v) is 3.87. The number of rotatable bonds is 3. The van der Waals surface area contributed by atoms with E-state index in [0.717, 1.165) is 11.1 Å². The lowest BCUT2D eigenvalue weighted by Gasteiger charge is -2.22. The third kappa shape index (κ3) is 3.40. The standard InChI is InChI=1S/C15H14O2/c1-5-15(6-2,17-13(4)16)11-14-9-7-12(3)8-10-14/h1-2,7-10H,11H2,3-4H3. The first-order valence-corrected chi connectivity index (χ1v) is 5.22. The van der Waals surface area contributed by atoms with Crippen LogP contribution in [0.15, 0.2) is 24.3 Å². The van der Waals surface area contributed by atoms with E-state index in [-0.39, 0.29) is 0 Å². The van der Waals surface area contributed by atoms with Crippen LogP contribution in [0.1, 0.15) is 18.1 Å². The molecule has 0 heterocycles. The van der Waals surface area contributed by atoms with Crippen molar-refractivity contribution in [1.82, 2.24) is 0 Å². The van der Waals surface area contributed by atoms with Gasteiger partial charge in [-0.1, -0.05) is 29.8 Å². The van der Waals surface area contributed by atoms with Crippen LogP contribution in [0.4, 0.5) is 0 Å². The molecule has 86 valence electrons. The van der Waals surface area contributed by atoms with Gasteiger partial charge >= 0.3 is 5.97 Å². The lowest BCUT2D eigenvalue weighted by Crippen LogP contribution is -2.33. The molecule has 0 unspecified atom stereocenters. The molecular weight excluding hydrogens is 212 g/mol. The van der Waals surface area contributed by atoms with Gasteiger partial charge in [0, 0.05) is 13.3 Å². The van der Waals surface area contributed by atoms with E-state index in [0.29, 0.717) is 6.42 Å². The lowest BCUT2D eigenvalue weighted by atomic mass is 9.95. The van der Waals surface area contributed by atoms with Gasteiger partial charge in [0.1, 0.15) is 0 Å². The molecule has 0 saturated carbocycles. The number of carbonyl (C=O) groups excluding carboxylic acids is 1. The van der Waals surface area contributed by atoms with E-state index in [1.54, 1.807) is 0 Å². The fourth-order valence-corrected chi connectivity index (χ4v) is 1.48. The molecule has 0 spiro atoms. The fraction of sp³-hybridized carbons (Fsp3) is 0.267. The summed E-state index contributed by atoms with van der Waals surface area (Å²) < 4.78 is 5.06. The van der Waals surface area contributed by atoms with Crippen molar-refractivity contribution in [2.45, 2.75) is 25.9 Å². The molecule has 2 heteroatoms. The maximum Gasteiger partial charge on any atom is 0.304 e. The van der Waals surface area contributed by atoms with Gasteiger partial charge < -0.3 is 4.74 Å². The molecule has 0 N–H and O–H groups in total. The Hall–Kier alpha value is -2.19. The second kappa shape index (κ2) is 5.23. The molecule has 1 aromatic carbocycles. The summed E-state index contributed by atoms with van der Waals surface area (Å²) in [6.07, 6.45) is 11.1. The van der Waals surface area contributed by atoms with Crippen LogP contribution in [0.2, 0.25) is 0 Å². The number of benzene rings is 1. The van der Waals surface area contributed by atoms with Crippen LogP contribution in [0, 0.1) is 31.6 Å². The van der Waals surface area contributed by atoms with Crippen molar-refractivity contribution < 1.29 is 9.53 Å². The molecule has 1 rings (SSSR count). The maximum atomic E-state index is 11.0. The normalized spacial score (nSPS) is 10.1. The lowest BCUT2D eigenvalue weighted by molar-refractivity contribution is -0.147. The Balaban J connectivity index is 2.96. The first kappa shape index (κ1) is 12.9. The van der Waals surface area contributed by atoms with Crippen LogP contribution >= 0.6 is 0 Å². The third-order valence-electron chi connectivity index (χ3n) is 2.36. The van der Waals surface area contributed by atoms with Crippen LogP contribution in [0.25, 0.3) is 0 Å². The van der Waals surface area contributed by atoms with Gasteiger partial charge in [-0.25, -0.2) is 0 Å². The van der Waals surface area contributed by atoms with Crippen LogP contribution in [0.5, 0.6) is 0 Å². The van der Waals surface area contributed by atoms with Gasteiger partial charge in [-0.05, 0) is 24.3 Å². The highest BCUT2D eigenvalue weighted by atomic mass is 16.6. The van der Waals surface area contributed by atoms with Crippen LogP contribution in [0.3, 0.4) is 0 Å². The smallest absolute Gasteiger partial charge is 0.304 e. The Morgan fingerprint density at radius 1 is 1.29 bits per heavy atom. The first-order valence-electron chi connectivity index (χ1n) is 5.22. The van der Waals surface area contributed by atoms with Crippen molar-refractivity contribution in [2.75, 3.05) is 0 Å². The van der Waals surface area contributed by atoms with Gasteiger partial charge in [-0.15, -0.1) is 12.8 Å². The van der Waals surface area contributed by atoms with Gasteiger partial charge in [-0.3, -0.25) is 4.79 Å². The van der Waals surface area contributed by atoms with Crippen molar-refractivity contribution in [3.63, 3.8) is 0 Å². The average Bonchev–Trinajstić information content (AvgIpc) is 2.30. The van der Waals surface area contributed by atoms with E-state index in [1.807, 2.05) is 31.2 Å². The van der Waals surface area contributed by atoms with Gasteiger partial charge in [0.15, 0.2) is 0 Å². The first-order chi connectivity index (χ1) is 8.01. The van der Waals surface area contributed by atoms with Crippen molar-refractivity contribution in [1.29, 1.82) is 0 Å². The van der Waals surface area contributed by atoms with Crippen LogP contribution in [-0.4, -0.2) is 11.6 Å². The van der Waals surface area contributed by atoms with Crippen molar-refractivity contribution in [3.05, 3.63) is 35.4 Å². The minimum Gasteiger partial charge on any atom is -0.434 e. The van der Waals surface area contributed by atoms with E-state index in [4.69, 9.17) is 17.6 Å². The summed E-state index contributed by atoms with van der Waals surface area (Å²) in [7, 11) is 0. The van der Waals surface area contributed by atoms with Gasteiger partial charge in [0.05, 0.1) is 0 Å². The number of aryl methyl sites for hydroxylation is 1. The Labute approximate surface area is 102 Å². The molecule has 0 aromatic heterocycles. The van der Waals surface area contributed by atoms with E-state index < -0.39 is 11.6 Å². The molecule has 0 aliphatic carbocycles. The molecule has 1 aromatic rings. The highest BCUT2D eigenvalue weighted by Gasteiger charge is 2.28. The third-order valence-corrected chi connectivity index (χ3v) is 2.36. The Morgan fingerprint density at radius 3 is 2.24 bits per heavy atom. The molecule has 2 nitrogen and oxygen atoms in total. The largest absolute Gasteiger partial charge is 0.434 e. The Kier molecular flexibility index (Phi) is 3.96.